The van der Waals surface area contributed by atoms with Crippen LogP contribution in [0.2, 0.25) is 0 Å². The molecule has 0 saturated carbocycles. The summed E-state index contributed by atoms with van der Waals surface area (Å²) in [5.74, 6) is 0.241. The lowest BCUT2D eigenvalue weighted by Crippen LogP contribution is -2.48. The number of phenolic OH excluding ortho intramolecular Hbond substituents is 1. The minimum Gasteiger partial charge on any atom is -0.508 e. The van der Waals surface area contributed by atoms with Crippen LogP contribution < -0.4 is 0 Å². The van der Waals surface area contributed by atoms with Gasteiger partial charge in [-0.05, 0) is 37.5 Å². The van der Waals surface area contributed by atoms with Crippen LogP contribution in [-0.4, -0.2) is 41.2 Å². The molecule has 1 heterocycles. The van der Waals surface area contributed by atoms with Gasteiger partial charge < -0.3 is 14.7 Å². The first-order valence-corrected chi connectivity index (χ1v) is 7.46. The van der Waals surface area contributed by atoms with Crippen LogP contribution in [-0.2, 0) is 10.2 Å². The number of rotatable bonds is 1. The lowest BCUT2D eigenvalue weighted by molar-refractivity contribution is -0.0586. The number of amides is 1. The molecule has 2 unspecified atom stereocenters. The molecule has 1 aliphatic rings. The summed E-state index contributed by atoms with van der Waals surface area (Å²) in [5.41, 5.74) is 1.22. The van der Waals surface area contributed by atoms with Crippen molar-refractivity contribution in [3.05, 3.63) is 29.3 Å². The average molecular weight is 291 g/mol. The number of ether oxygens (including phenoxy) is 1. The van der Waals surface area contributed by atoms with Crippen molar-refractivity contribution in [3.63, 3.8) is 0 Å². The van der Waals surface area contributed by atoms with Gasteiger partial charge in [-0.25, -0.2) is 0 Å². The summed E-state index contributed by atoms with van der Waals surface area (Å²) in [4.78, 5) is 14.5. The van der Waals surface area contributed by atoms with E-state index in [-0.39, 0.29) is 29.3 Å². The zero-order chi connectivity index (χ0) is 15.8. The highest BCUT2D eigenvalue weighted by Gasteiger charge is 2.28. The van der Waals surface area contributed by atoms with Gasteiger partial charge in [0.2, 0.25) is 0 Å². The number of phenols is 1. The molecular weight excluding hydrogens is 266 g/mol. The molecule has 4 heteroatoms. The Kier molecular flexibility index (Phi) is 4.28. The van der Waals surface area contributed by atoms with Gasteiger partial charge in [0.05, 0.1) is 12.2 Å². The fraction of sp³-hybridized carbons (Fsp3) is 0.588. The largest absolute Gasteiger partial charge is 0.508 e. The molecular formula is C17H25NO3. The van der Waals surface area contributed by atoms with E-state index in [1.54, 1.807) is 12.1 Å². The number of nitrogens with zero attached hydrogens (tertiary/aromatic N) is 1. The minimum atomic E-state index is -0.202. The van der Waals surface area contributed by atoms with Crippen molar-refractivity contribution < 1.29 is 14.6 Å². The van der Waals surface area contributed by atoms with Gasteiger partial charge >= 0.3 is 0 Å². The summed E-state index contributed by atoms with van der Waals surface area (Å²) in [6, 6.07) is 5.11. The van der Waals surface area contributed by atoms with E-state index in [4.69, 9.17) is 4.74 Å². The maximum Gasteiger partial charge on any atom is 0.254 e. The molecule has 0 radical (unpaired) electrons. The third-order valence-electron chi connectivity index (χ3n) is 3.76. The van der Waals surface area contributed by atoms with Gasteiger partial charge in [-0.2, -0.15) is 0 Å². The molecule has 1 N–H and O–H groups in total. The van der Waals surface area contributed by atoms with E-state index in [0.29, 0.717) is 18.7 Å². The van der Waals surface area contributed by atoms with E-state index >= 15 is 0 Å². The summed E-state index contributed by atoms with van der Waals surface area (Å²) < 4.78 is 5.67. The van der Waals surface area contributed by atoms with E-state index in [2.05, 4.69) is 0 Å². The Bertz CT molecular complexity index is 523. The first-order chi connectivity index (χ1) is 9.68. The maximum absolute atomic E-state index is 12.7. The number of hydrogen-bond acceptors (Lipinski definition) is 3. The third kappa shape index (κ3) is 3.56. The van der Waals surface area contributed by atoms with E-state index in [1.807, 2.05) is 45.6 Å². The zero-order valence-corrected chi connectivity index (χ0v) is 13.5. The summed E-state index contributed by atoms with van der Waals surface area (Å²) >= 11 is 0. The van der Waals surface area contributed by atoms with Crippen LogP contribution >= 0.6 is 0 Å². The lowest BCUT2D eigenvalue weighted by atomic mass is 9.85. The van der Waals surface area contributed by atoms with Crippen LogP contribution in [0.15, 0.2) is 18.2 Å². The quantitative estimate of drug-likeness (QED) is 0.865. The summed E-state index contributed by atoms with van der Waals surface area (Å²) in [6.07, 6.45) is 0.105. The van der Waals surface area contributed by atoms with Crippen molar-refractivity contribution >= 4 is 5.91 Å². The highest BCUT2D eigenvalue weighted by Crippen LogP contribution is 2.31. The van der Waals surface area contributed by atoms with Gasteiger partial charge in [0, 0.05) is 24.2 Å². The molecule has 1 saturated heterocycles. The van der Waals surface area contributed by atoms with Crippen LogP contribution in [0.4, 0.5) is 0 Å². The highest BCUT2D eigenvalue weighted by molar-refractivity contribution is 5.94. The van der Waals surface area contributed by atoms with Crippen LogP contribution in [0.1, 0.15) is 50.5 Å². The van der Waals surface area contributed by atoms with Gasteiger partial charge in [-0.3, -0.25) is 4.79 Å². The molecule has 1 aromatic rings. The van der Waals surface area contributed by atoms with Gasteiger partial charge in [0.25, 0.3) is 5.91 Å². The second-order valence-corrected chi connectivity index (χ2v) is 6.95. The number of morpholine rings is 1. The van der Waals surface area contributed by atoms with E-state index in [1.165, 1.54) is 0 Å². The van der Waals surface area contributed by atoms with Crippen LogP contribution in [0.25, 0.3) is 0 Å². The van der Waals surface area contributed by atoms with Crippen molar-refractivity contribution in [1.29, 1.82) is 0 Å². The summed E-state index contributed by atoms with van der Waals surface area (Å²) in [5, 5.41) is 10.0. The lowest BCUT2D eigenvalue weighted by Gasteiger charge is -2.35. The monoisotopic (exact) mass is 291 g/mol. The van der Waals surface area contributed by atoms with Crippen molar-refractivity contribution in [3.8, 4) is 5.75 Å². The predicted molar refractivity (Wildman–Crippen MR) is 82.7 cm³/mol. The van der Waals surface area contributed by atoms with Gasteiger partial charge in [0.15, 0.2) is 0 Å². The predicted octanol–water partition coefficient (Wildman–Crippen LogP) is 2.94. The molecule has 4 nitrogen and oxygen atoms in total. The van der Waals surface area contributed by atoms with Crippen LogP contribution in [0.3, 0.4) is 0 Å². The zero-order valence-electron chi connectivity index (χ0n) is 13.5. The smallest absolute Gasteiger partial charge is 0.254 e. The number of benzene rings is 1. The van der Waals surface area contributed by atoms with Crippen LogP contribution in [0, 0.1) is 0 Å². The minimum absolute atomic E-state index is 0.00231. The normalized spacial score (nSPS) is 23.2. The molecule has 1 fully saturated rings. The standard InChI is InChI=1S/C17H25NO3/c1-11-9-18(10-12(2)21-11)16(20)13-6-7-15(19)14(8-13)17(3,4)5/h6-8,11-12,19H,9-10H2,1-5H3. The number of carbonyl (C=O) groups is 1. The highest BCUT2D eigenvalue weighted by atomic mass is 16.5. The molecule has 0 aliphatic carbocycles. The molecule has 1 aliphatic heterocycles. The van der Waals surface area contributed by atoms with Gasteiger partial charge in [0.1, 0.15) is 5.75 Å². The summed E-state index contributed by atoms with van der Waals surface area (Å²) in [6.45, 7) is 11.2. The Morgan fingerprint density at radius 1 is 1.24 bits per heavy atom. The molecule has 116 valence electrons. The second-order valence-electron chi connectivity index (χ2n) is 6.95. The Balaban J connectivity index is 2.27. The number of aromatic hydroxyl groups is 1. The molecule has 1 amide bonds. The average Bonchev–Trinajstić information content (AvgIpc) is 2.36. The Morgan fingerprint density at radius 2 is 1.81 bits per heavy atom. The van der Waals surface area contributed by atoms with Crippen molar-refractivity contribution in [2.24, 2.45) is 0 Å². The molecule has 1 aromatic carbocycles. The van der Waals surface area contributed by atoms with Gasteiger partial charge in [-0.1, -0.05) is 20.8 Å². The first-order valence-electron chi connectivity index (χ1n) is 7.46. The molecule has 21 heavy (non-hydrogen) atoms. The third-order valence-corrected chi connectivity index (χ3v) is 3.76. The molecule has 0 spiro atoms. The fourth-order valence-corrected chi connectivity index (χ4v) is 2.80. The van der Waals surface area contributed by atoms with Crippen LogP contribution in [0.5, 0.6) is 5.75 Å². The molecule has 0 bridgehead atoms. The van der Waals surface area contributed by atoms with E-state index in [9.17, 15) is 9.90 Å². The number of hydrogen-bond donors (Lipinski definition) is 1. The molecule has 2 rings (SSSR count). The number of carbonyl (C=O) groups excluding carboxylic acids is 1. The maximum atomic E-state index is 12.7. The molecule has 2 atom stereocenters. The van der Waals surface area contributed by atoms with E-state index < -0.39 is 0 Å². The summed E-state index contributed by atoms with van der Waals surface area (Å²) in [7, 11) is 0. The molecule has 0 aromatic heterocycles. The Morgan fingerprint density at radius 3 is 2.33 bits per heavy atom. The fourth-order valence-electron chi connectivity index (χ4n) is 2.80. The topological polar surface area (TPSA) is 49.8 Å². The first kappa shape index (κ1) is 15.8. The van der Waals surface area contributed by atoms with E-state index in [0.717, 1.165) is 5.56 Å². The second kappa shape index (κ2) is 5.68. The van der Waals surface area contributed by atoms with Crippen molar-refractivity contribution in [2.45, 2.75) is 52.2 Å². The van der Waals surface area contributed by atoms with Gasteiger partial charge in [-0.15, -0.1) is 0 Å². The Hall–Kier alpha value is -1.55. The SMILES string of the molecule is CC1CN(C(=O)c2ccc(O)c(C(C)(C)C)c2)CC(C)O1. The Labute approximate surface area is 126 Å². The van der Waals surface area contributed by atoms with Crippen molar-refractivity contribution in [1.82, 2.24) is 4.90 Å². The van der Waals surface area contributed by atoms with Crippen molar-refractivity contribution in [2.75, 3.05) is 13.1 Å².